The molecule has 0 atom stereocenters. The molecule has 5 heteroatoms. The molecule has 12 heavy (non-hydrogen) atoms. The molecule has 0 aromatic rings. The van der Waals surface area contributed by atoms with Gasteiger partial charge in [-0.15, -0.1) is 0 Å². The number of urea groups is 1. The number of carbonyl (C=O) groups excluding carboxylic acids is 2. The number of nitrogens with one attached hydrogen (secondary N) is 1. The van der Waals surface area contributed by atoms with Crippen LogP contribution in [0.25, 0.3) is 0 Å². The van der Waals surface area contributed by atoms with Crippen LogP contribution in [0.2, 0.25) is 0 Å². The van der Waals surface area contributed by atoms with E-state index in [9.17, 15) is 9.59 Å². The molecule has 0 saturated heterocycles. The van der Waals surface area contributed by atoms with Crippen LogP contribution in [-0.4, -0.2) is 36.5 Å². The van der Waals surface area contributed by atoms with Gasteiger partial charge in [-0.2, -0.15) is 0 Å². The largest absolute Gasteiger partial charge is 0.338 e. The van der Waals surface area contributed by atoms with Gasteiger partial charge in [0.1, 0.15) is 0 Å². The topological polar surface area (TPSA) is 75.4 Å². The molecule has 0 aromatic carbocycles. The number of amides is 3. The zero-order valence-electron chi connectivity index (χ0n) is 7.46. The van der Waals surface area contributed by atoms with E-state index >= 15 is 0 Å². The van der Waals surface area contributed by atoms with Gasteiger partial charge in [0.2, 0.25) is 5.91 Å². The van der Waals surface area contributed by atoms with Crippen LogP contribution < -0.4 is 11.1 Å². The molecule has 0 aliphatic heterocycles. The Bertz CT molecular complexity index is 170. The maximum atomic E-state index is 11.1. The van der Waals surface area contributed by atoms with Crippen molar-refractivity contribution >= 4 is 11.9 Å². The summed E-state index contributed by atoms with van der Waals surface area (Å²) >= 11 is 0. The van der Waals surface area contributed by atoms with E-state index in [1.807, 2.05) is 0 Å². The number of nitrogens with two attached hydrogens (primary N) is 1. The molecule has 0 radical (unpaired) electrons. The second-order valence-electron chi connectivity index (χ2n) is 2.29. The quantitative estimate of drug-likeness (QED) is 0.605. The van der Waals surface area contributed by atoms with Gasteiger partial charge in [-0.1, -0.05) is 0 Å². The van der Waals surface area contributed by atoms with Crippen LogP contribution in [0.1, 0.15) is 13.8 Å². The van der Waals surface area contributed by atoms with Crippen LogP contribution in [0.4, 0.5) is 4.79 Å². The summed E-state index contributed by atoms with van der Waals surface area (Å²) in [5, 5.41) is 2.52. The van der Waals surface area contributed by atoms with Gasteiger partial charge in [0.25, 0.3) is 0 Å². The summed E-state index contributed by atoms with van der Waals surface area (Å²) in [6.45, 7) is 4.19. The first-order valence-corrected chi connectivity index (χ1v) is 3.89. The molecule has 0 saturated carbocycles. The smallest absolute Gasteiger partial charge is 0.324 e. The monoisotopic (exact) mass is 173 g/mol. The highest BCUT2D eigenvalue weighted by Gasteiger charge is 2.14. The van der Waals surface area contributed by atoms with Crippen LogP contribution >= 0.6 is 0 Å². The van der Waals surface area contributed by atoms with Crippen molar-refractivity contribution in [1.29, 1.82) is 0 Å². The van der Waals surface area contributed by atoms with Crippen molar-refractivity contribution in [1.82, 2.24) is 10.2 Å². The Morgan fingerprint density at radius 1 is 1.50 bits per heavy atom. The minimum atomic E-state index is -0.379. The van der Waals surface area contributed by atoms with Crippen molar-refractivity contribution < 1.29 is 9.59 Å². The van der Waals surface area contributed by atoms with E-state index in [0.29, 0.717) is 6.54 Å². The van der Waals surface area contributed by atoms with E-state index in [1.165, 1.54) is 6.92 Å². The van der Waals surface area contributed by atoms with Crippen LogP contribution in [0, 0.1) is 0 Å². The predicted octanol–water partition coefficient (Wildman–Crippen LogP) is -0.477. The van der Waals surface area contributed by atoms with Gasteiger partial charge in [-0.3, -0.25) is 9.69 Å². The van der Waals surface area contributed by atoms with Gasteiger partial charge in [0.05, 0.1) is 0 Å². The molecule has 3 N–H and O–H groups in total. The molecule has 0 rings (SSSR count). The van der Waals surface area contributed by atoms with Crippen LogP contribution in [0.15, 0.2) is 0 Å². The van der Waals surface area contributed by atoms with Crippen molar-refractivity contribution in [2.75, 3.05) is 19.6 Å². The summed E-state index contributed by atoms with van der Waals surface area (Å²) < 4.78 is 0. The molecular formula is C7H15N3O2. The Hall–Kier alpha value is -1.10. The predicted molar refractivity (Wildman–Crippen MR) is 45.5 cm³/mol. The van der Waals surface area contributed by atoms with E-state index in [1.54, 1.807) is 6.92 Å². The maximum absolute atomic E-state index is 11.1. The molecule has 0 aliphatic rings. The lowest BCUT2D eigenvalue weighted by Crippen LogP contribution is -2.44. The third kappa shape index (κ3) is 3.34. The van der Waals surface area contributed by atoms with Crippen molar-refractivity contribution in [2.45, 2.75) is 13.8 Å². The summed E-state index contributed by atoms with van der Waals surface area (Å²) in [7, 11) is 0. The molecule has 0 fully saturated rings. The van der Waals surface area contributed by atoms with Gasteiger partial charge in [0, 0.05) is 26.6 Å². The average Bonchev–Trinajstić information content (AvgIpc) is 1.99. The van der Waals surface area contributed by atoms with Gasteiger partial charge >= 0.3 is 6.03 Å². The van der Waals surface area contributed by atoms with E-state index in [2.05, 4.69) is 5.32 Å². The van der Waals surface area contributed by atoms with Crippen molar-refractivity contribution in [3.8, 4) is 0 Å². The first kappa shape index (κ1) is 10.9. The molecule has 0 unspecified atom stereocenters. The zero-order valence-corrected chi connectivity index (χ0v) is 7.46. The minimum absolute atomic E-state index is 0.265. The number of hydrogen-bond acceptors (Lipinski definition) is 3. The molecule has 5 nitrogen and oxygen atoms in total. The summed E-state index contributed by atoms with van der Waals surface area (Å²) in [5.74, 6) is -0.286. The molecule has 0 aromatic heterocycles. The van der Waals surface area contributed by atoms with E-state index in [4.69, 9.17) is 5.73 Å². The Morgan fingerprint density at radius 2 is 2.08 bits per heavy atom. The highest BCUT2D eigenvalue weighted by Crippen LogP contribution is 1.88. The van der Waals surface area contributed by atoms with Crippen LogP contribution in [-0.2, 0) is 4.79 Å². The fourth-order valence-electron chi connectivity index (χ4n) is 0.778. The first-order valence-electron chi connectivity index (χ1n) is 3.89. The molecule has 70 valence electrons. The van der Waals surface area contributed by atoms with Crippen LogP contribution in [0.5, 0.6) is 0 Å². The van der Waals surface area contributed by atoms with E-state index in [0.717, 1.165) is 4.90 Å². The number of imide groups is 1. The number of rotatable bonds is 3. The Labute approximate surface area is 71.9 Å². The number of hydrogen-bond donors (Lipinski definition) is 2. The Morgan fingerprint density at radius 3 is 2.42 bits per heavy atom. The number of nitrogens with zero attached hydrogens (tertiary/aromatic N) is 1. The molecular weight excluding hydrogens is 158 g/mol. The Kier molecular flexibility index (Phi) is 5.03. The van der Waals surface area contributed by atoms with Crippen molar-refractivity contribution in [2.24, 2.45) is 5.73 Å². The highest BCUT2D eigenvalue weighted by atomic mass is 16.2. The normalized spacial score (nSPS) is 9.25. The standard InChI is InChI=1S/C7H15N3O2/c1-3-9-7(12)10(5-4-8)6(2)11/h3-5,8H2,1-2H3,(H,9,12). The Balaban J connectivity index is 4.09. The molecule has 3 amide bonds. The fourth-order valence-corrected chi connectivity index (χ4v) is 0.778. The van der Waals surface area contributed by atoms with Gasteiger partial charge in [-0.05, 0) is 6.92 Å². The summed E-state index contributed by atoms with van der Waals surface area (Å²) in [5.41, 5.74) is 5.23. The summed E-state index contributed by atoms with van der Waals surface area (Å²) in [4.78, 5) is 23.1. The lowest BCUT2D eigenvalue weighted by Gasteiger charge is -2.17. The summed E-state index contributed by atoms with van der Waals surface area (Å²) in [6, 6.07) is -0.379. The zero-order chi connectivity index (χ0) is 9.56. The minimum Gasteiger partial charge on any atom is -0.338 e. The molecule has 0 aliphatic carbocycles. The van der Waals surface area contributed by atoms with Crippen molar-refractivity contribution in [3.63, 3.8) is 0 Å². The second-order valence-corrected chi connectivity index (χ2v) is 2.29. The van der Waals surface area contributed by atoms with Gasteiger partial charge < -0.3 is 11.1 Å². The number of carbonyl (C=O) groups is 2. The third-order valence-electron chi connectivity index (χ3n) is 1.31. The molecule has 0 spiro atoms. The average molecular weight is 173 g/mol. The summed E-state index contributed by atoms with van der Waals surface area (Å²) in [6.07, 6.45) is 0. The van der Waals surface area contributed by atoms with E-state index < -0.39 is 0 Å². The molecule has 0 heterocycles. The fraction of sp³-hybridized carbons (Fsp3) is 0.714. The first-order chi connectivity index (χ1) is 5.63. The van der Waals surface area contributed by atoms with Gasteiger partial charge in [-0.25, -0.2) is 4.79 Å². The lowest BCUT2D eigenvalue weighted by atomic mass is 10.5. The lowest BCUT2D eigenvalue weighted by molar-refractivity contribution is -0.125. The highest BCUT2D eigenvalue weighted by molar-refractivity contribution is 5.93. The maximum Gasteiger partial charge on any atom is 0.324 e. The molecule has 0 bridgehead atoms. The SMILES string of the molecule is CCNC(=O)N(CCN)C(C)=O. The van der Waals surface area contributed by atoms with E-state index in [-0.39, 0.29) is 25.0 Å². The van der Waals surface area contributed by atoms with Gasteiger partial charge in [0.15, 0.2) is 0 Å². The van der Waals surface area contributed by atoms with Crippen LogP contribution in [0.3, 0.4) is 0 Å². The third-order valence-corrected chi connectivity index (χ3v) is 1.31. The second kappa shape index (κ2) is 5.54. The van der Waals surface area contributed by atoms with Crippen molar-refractivity contribution in [3.05, 3.63) is 0 Å².